The SMILES string of the molecule is COc1ccc(C(=O)Oc2c(Cl)cc(/C=C3\SC(=O)N(Cc4ccc(C)cc4)C3=O)cc2OC)cc1. The molecule has 1 aliphatic heterocycles. The third-order valence-corrected chi connectivity index (χ3v) is 6.59. The Balaban J connectivity index is 1.54. The van der Waals surface area contributed by atoms with Gasteiger partial charge in [-0.3, -0.25) is 14.5 Å². The highest BCUT2D eigenvalue weighted by Gasteiger charge is 2.35. The molecule has 9 heteroatoms. The number of carbonyl (C=O) groups is 3. The lowest BCUT2D eigenvalue weighted by Gasteiger charge is -2.13. The van der Waals surface area contributed by atoms with Crippen LogP contribution in [-0.2, 0) is 11.3 Å². The highest BCUT2D eigenvalue weighted by atomic mass is 35.5. The molecular formula is C27H22ClNO6S. The summed E-state index contributed by atoms with van der Waals surface area (Å²) in [5.74, 6) is -0.160. The Labute approximate surface area is 217 Å². The number of nitrogens with zero attached hydrogens (tertiary/aromatic N) is 1. The van der Waals surface area contributed by atoms with Gasteiger partial charge in [-0.2, -0.15) is 0 Å². The summed E-state index contributed by atoms with van der Waals surface area (Å²) in [7, 11) is 2.94. The number of benzene rings is 3. The van der Waals surface area contributed by atoms with Crippen molar-refractivity contribution >= 4 is 46.6 Å². The zero-order valence-corrected chi connectivity index (χ0v) is 21.3. The monoisotopic (exact) mass is 523 g/mol. The van der Waals surface area contributed by atoms with Crippen LogP contribution in [0.1, 0.15) is 27.0 Å². The van der Waals surface area contributed by atoms with Gasteiger partial charge in [-0.05, 0) is 72.3 Å². The second-order valence-electron chi connectivity index (χ2n) is 7.91. The Kier molecular flexibility index (Phi) is 7.67. The van der Waals surface area contributed by atoms with Crippen LogP contribution < -0.4 is 14.2 Å². The van der Waals surface area contributed by atoms with Crippen LogP contribution in [0.3, 0.4) is 0 Å². The van der Waals surface area contributed by atoms with Crippen molar-refractivity contribution in [3.05, 3.63) is 92.8 Å². The summed E-state index contributed by atoms with van der Waals surface area (Å²) in [5, 5.41) is -0.240. The predicted octanol–water partition coefficient (Wildman–Crippen LogP) is 6.12. The van der Waals surface area contributed by atoms with Crippen LogP contribution in [0.5, 0.6) is 17.2 Å². The zero-order chi connectivity index (χ0) is 25.8. The van der Waals surface area contributed by atoms with E-state index in [2.05, 4.69) is 0 Å². The van der Waals surface area contributed by atoms with Gasteiger partial charge in [-0.15, -0.1) is 0 Å². The van der Waals surface area contributed by atoms with Crippen LogP contribution in [0.25, 0.3) is 6.08 Å². The maximum atomic E-state index is 12.9. The van der Waals surface area contributed by atoms with Crippen LogP contribution in [-0.4, -0.2) is 36.2 Å². The van der Waals surface area contributed by atoms with E-state index in [1.807, 2.05) is 31.2 Å². The molecule has 184 valence electrons. The van der Waals surface area contributed by atoms with Crippen LogP contribution in [0.2, 0.25) is 5.02 Å². The van der Waals surface area contributed by atoms with Gasteiger partial charge in [0.05, 0.1) is 36.3 Å². The summed E-state index contributed by atoms with van der Waals surface area (Å²) >= 11 is 7.27. The first-order valence-electron chi connectivity index (χ1n) is 10.8. The number of rotatable bonds is 7. The standard InChI is InChI=1S/C27H22ClNO6S/c1-16-4-6-17(7-5-16)15-29-25(30)23(36-27(29)32)14-18-12-21(28)24(22(13-18)34-3)35-26(31)19-8-10-20(33-2)11-9-19/h4-14H,15H2,1-3H3/b23-14-. The van der Waals surface area contributed by atoms with Crippen molar-refractivity contribution in [1.82, 2.24) is 4.90 Å². The average Bonchev–Trinajstić information content (AvgIpc) is 3.13. The van der Waals surface area contributed by atoms with Gasteiger partial charge in [0.2, 0.25) is 0 Å². The number of methoxy groups -OCH3 is 2. The Hall–Kier alpha value is -3.75. The van der Waals surface area contributed by atoms with E-state index < -0.39 is 11.9 Å². The molecule has 1 aliphatic rings. The smallest absolute Gasteiger partial charge is 0.343 e. The maximum absolute atomic E-state index is 12.9. The number of halogens is 1. The molecule has 4 rings (SSSR count). The Morgan fingerprint density at radius 1 is 1.00 bits per heavy atom. The van der Waals surface area contributed by atoms with E-state index in [0.717, 1.165) is 22.9 Å². The van der Waals surface area contributed by atoms with Gasteiger partial charge in [0, 0.05) is 0 Å². The summed E-state index contributed by atoms with van der Waals surface area (Å²) in [6.07, 6.45) is 1.56. The number of imide groups is 1. The van der Waals surface area contributed by atoms with Gasteiger partial charge in [0.25, 0.3) is 11.1 Å². The van der Waals surface area contributed by atoms with Crippen molar-refractivity contribution in [3.63, 3.8) is 0 Å². The van der Waals surface area contributed by atoms with Crippen LogP contribution in [0.15, 0.2) is 65.6 Å². The molecule has 2 amide bonds. The van der Waals surface area contributed by atoms with E-state index >= 15 is 0 Å². The summed E-state index contributed by atoms with van der Waals surface area (Å²) in [4.78, 5) is 39.5. The summed E-state index contributed by atoms with van der Waals surface area (Å²) in [5.41, 5.74) is 2.77. The zero-order valence-electron chi connectivity index (χ0n) is 19.7. The molecule has 7 nitrogen and oxygen atoms in total. The highest BCUT2D eigenvalue weighted by Crippen LogP contribution is 2.39. The number of amides is 2. The van der Waals surface area contributed by atoms with E-state index in [4.69, 9.17) is 25.8 Å². The Morgan fingerprint density at radius 2 is 1.69 bits per heavy atom. The molecule has 1 fully saturated rings. The fourth-order valence-electron chi connectivity index (χ4n) is 3.46. The van der Waals surface area contributed by atoms with Crippen molar-refractivity contribution in [3.8, 4) is 17.2 Å². The number of esters is 1. The van der Waals surface area contributed by atoms with Gasteiger partial charge in [0.15, 0.2) is 11.5 Å². The molecule has 3 aromatic carbocycles. The molecule has 0 aromatic heterocycles. The van der Waals surface area contributed by atoms with Gasteiger partial charge in [-0.25, -0.2) is 4.79 Å². The fraction of sp³-hybridized carbons (Fsp3) is 0.148. The minimum atomic E-state index is -0.622. The third-order valence-electron chi connectivity index (χ3n) is 5.40. The van der Waals surface area contributed by atoms with Gasteiger partial charge in [0.1, 0.15) is 5.75 Å². The molecule has 0 N–H and O–H groups in total. The van der Waals surface area contributed by atoms with E-state index in [-0.39, 0.29) is 33.2 Å². The van der Waals surface area contributed by atoms with Crippen molar-refractivity contribution in [2.75, 3.05) is 14.2 Å². The first-order valence-corrected chi connectivity index (χ1v) is 12.0. The summed E-state index contributed by atoms with van der Waals surface area (Å²) < 4.78 is 16.0. The lowest BCUT2D eigenvalue weighted by Crippen LogP contribution is -2.27. The third kappa shape index (κ3) is 5.56. The number of aryl methyl sites for hydroxylation is 1. The predicted molar refractivity (Wildman–Crippen MR) is 139 cm³/mol. The lowest BCUT2D eigenvalue weighted by molar-refractivity contribution is -0.123. The number of hydrogen-bond donors (Lipinski definition) is 0. The molecule has 1 heterocycles. The van der Waals surface area contributed by atoms with Crippen molar-refractivity contribution in [1.29, 1.82) is 0 Å². The Morgan fingerprint density at radius 3 is 2.33 bits per heavy atom. The molecule has 0 saturated carbocycles. The maximum Gasteiger partial charge on any atom is 0.343 e. The highest BCUT2D eigenvalue weighted by molar-refractivity contribution is 8.18. The molecular weight excluding hydrogens is 502 g/mol. The van der Waals surface area contributed by atoms with Gasteiger partial charge < -0.3 is 14.2 Å². The minimum Gasteiger partial charge on any atom is -0.497 e. The lowest BCUT2D eigenvalue weighted by atomic mass is 10.1. The summed E-state index contributed by atoms with van der Waals surface area (Å²) in [6.45, 7) is 2.16. The van der Waals surface area contributed by atoms with Crippen molar-refractivity contribution in [2.24, 2.45) is 0 Å². The fourth-order valence-corrected chi connectivity index (χ4v) is 4.56. The molecule has 0 spiro atoms. The largest absolute Gasteiger partial charge is 0.497 e. The molecule has 0 atom stereocenters. The van der Waals surface area contributed by atoms with Gasteiger partial charge in [-0.1, -0.05) is 41.4 Å². The van der Waals surface area contributed by atoms with E-state index in [9.17, 15) is 14.4 Å². The Bertz CT molecular complexity index is 1350. The molecule has 0 radical (unpaired) electrons. The second-order valence-corrected chi connectivity index (χ2v) is 9.31. The number of thioether (sulfide) groups is 1. The second kappa shape index (κ2) is 10.9. The topological polar surface area (TPSA) is 82.1 Å². The number of hydrogen-bond acceptors (Lipinski definition) is 7. The van der Waals surface area contributed by atoms with Crippen molar-refractivity contribution in [2.45, 2.75) is 13.5 Å². The molecule has 3 aromatic rings. The molecule has 36 heavy (non-hydrogen) atoms. The first kappa shape index (κ1) is 25.3. The van der Waals surface area contributed by atoms with E-state index in [0.29, 0.717) is 16.9 Å². The number of carbonyl (C=O) groups excluding carboxylic acids is 3. The average molecular weight is 524 g/mol. The quantitative estimate of drug-likeness (QED) is 0.209. The van der Waals surface area contributed by atoms with E-state index in [1.165, 1.54) is 25.2 Å². The van der Waals surface area contributed by atoms with Crippen molar-refractivity contribution < 1.29 is 28.6 Å². The van der Waals surface area contributed by atoms with Gasteiger partial charge >= 0.3 is 5.97 Å². The van der Waals surface area contributed by atoms with Crippen LogP contribution in [0.4, 0.5) is 4.79 Å². The molecule has 0 aliphatic carbocycles. The van der Waals surface area contributed by atoms with E-state index in [1.54, 1.807) is 36.4 Å². The summed E-state index contributed by atoms with van der Waals surface area (Å²) in [6, 6.07) is 17.2. The molecule has 0 bridgehead atoms. The van der Waals surface area contributed by atoms with Crippen LogP contribution in [0, 0.1) is 6.92 Å². The number of ether oxygens (including phenoxy) is 3. The van der Waals surface area contributed by atoms with Crippen LogP contribution >= 0.6 is 23.4 Å². The normalized spacial score (nSPS) is 14.3. The molecule has 1 saturated heterocycles. The minimum absolute atomic E-state index is 0.0459. The first-order chi connectivity index (χ1) is 17.3. The molecule has 0 unspecified atom stereocenters.